The van der Waals surface area contributed by atoms with Crippen LogP contribution in [0.25, 0.3) is 11.6 Å². The van der Waals surface area contributed by atoms with Crippen LogP contribution in [-0.4, -0.2) is 9.97 Å². The summed E-state index contributed by atoms with van der Waals surface area (Å²) >= 11 is 8.67. The minimum atomic E-state index is -0.105. The summed E-state index contributed by atoms with van der Waals surface area (Å²) in [6.45, 7) is 0. The summed E-state index contributed by atoms with van der Waals surface area (Å²) in [6.07, 6.45) is 2.22. The molecule has 1 saturated carbocycles. The van der Waals surface area contributed by atoms with Gasteiger partial charge in [0.1, 0.15) is 3.57 Å². The second-order valence-corrected chi connectivity index (χ2v) is 6.77. The molecule has 3 rings (SSSR count). The van der Waals surface area contributed by atoms with Crippen LogP contribution in [0.4, 0.5) is 0 Å². The highest BCUT2D eigenvalue weighted by Gasteiger charge is 2.29. The lowest BCUT2D eigenvalue weighted by molar-refractivity contribution is 0.548. The summed E-state index contributed by atoms with van der Waals surface area (Å²) in [7, 11) is 0. The number of nitrogens with one attached hydrogen (secondary N) is 1. The average Bonchev–Trinajstić information content (AvgIpc) is 3.10. The van der Waals surface area contributed by atoms with Crippen LogP contribution < -0.4 is 5.56 Å². The van der Waals surface area contributed by atoms with E-state index in [2.05, 4.69) is 64.4 Å². The zero-order valence-electron chi connectivity index (χ0n) is 8.97. The fraction of sp³-hybridized carbons (Fsp3) is 0.273. The molecule has 0 amide bonds. The molecule has 0 saturated heterocycles. The smallest absolute Gasteiger partial charge is 0.264 e. The molecule has 94 valence electrons. The third kappa shape index (κ3) is 2.32. The quantitative estimate of drug-likeness (QED) is 0.653. The number of aromatic amines is 1. The number of hydrogen-bond donors (Lipinski definition) is 1. The zero-order chi connectivity index (χ0) is 12.9. The van der Waals surface area contributed by atoms with E-state index in [0.29, 0.717) is 25.7 Å². The first kappa shape index (κ1) is 12.9. The molecule has 2 heterocycles. The van der Waals surface area contributed by atoms with Gasteiger partial charge in [0.05, 0.1) is 10.2 Å². The van der Waals surface area contributed by atoms with Crippen LogP contribution in [0.15, 0.2) is 24.4 Å². The fourth-order valence-corrected chi connectivity index (χ4v) is 2.96. The van der Waals surface area contributed by atoms with Gasteiger partial charge in [-0.05, 0) is 67.3 Å². The minimum absolute atomic E-state index is 0.105. The number of furan rings is 1. The van der Waals surface area contributed by atoms with Gasteiger partial charge in [-0.2, -0.15) is 0 Å². The lowest BCUT2D eigenvalue weighted by atomic mass is 10.3. The molecule has 0 spiro atoms. The Morgan fingerprint density at radius 1 is 1.44 bits per heavy atom. The predicted octanol–water partition coefficient (Wildman–Crippen LogP) is 4.04. The van der Waals surface area contributed by atoms with E-state index < -0.39 is 0 Å². The van der Waals surface area contributed by atoms with E-state index in [4.69, 9.17) is 4.42 Å². The number of halogens is 3. The number of rotatable bonds is 2. The molecule has 18 heavy (non-hydrogen) atoms. The Bertz CT molecular complexity index is 657. The van der Waals surface area contributed by atoms with Crippen molar-refractivity contribution < 1.29 is 4.42 Å². The molecule has 0 bridgehead atoms. The summed E-state index contributed by atoms with van der Waals surface area (Å²) in [6, 6.07) is 1.78. The first-order valence-corrected chi connectivity index (χ1v) is 7.97. The molecule has 0 aromatic carbocycles. The molecular formula is C11H7Br2IN2O2. The fourth-order valence-electron chi connectivity index (χ4n) is 1.68. The minimum Gasteiger partial charge on any atom is -0.445 e. The van der Waals surface area contributed by atoms with Gasteiger partial charge in [0, 0.05) is 12.0 Å². The summed E-state index contributed by atoms with van der Waals surface area (Å²) in [5.41, 5.74) is 0.782. The molecule has 1 aliphatic rings. The lowest BCUT2D eigenvalue weighted by Crippen LogP contribution is -2.15. The Hall–Kier alpha value is -0.150. The number of H-pyrrole nitrogens is 1. The number of hydrogen-bond acceptors (Lipinski definition) is 3. The van der Waals surface area contributed by atoms with Crippen molar-refractivity contribution in [1.29, 1.82) is 0 Å². The molecule has 7 heteroatoms. The van der Waals surface area contributed by atoms with E-state index in [1.165, 1.54) is 0 Å². The van der Waals surface area contributed by atoms with Crippen LogP contribution >= 0.6 is 54.5 Å². The first-order valence-electron chi connectivity index (χ1n) is 5.31. The molecule has 0 aliphatic heterocycles. The molecule has 1 fully saturated rings. The van der Waals surface area contributed by atoms with E-state index in [9.17, 15) is 4.79 Å². The van der Waals surface area contributed by atoms with Crippen LogP contribution in [0.5, 0.6) is 0 Å². The second-order valence-electron chi connectivity index (χ2n) is 4.12. The van der Waals surface area contributed by atoms with Gasteiger partial charge in [-0.15, -0.1) is 0 Å². The molecule has 2 aromatic rings. The first-order chi connectivity index (χ1) is 8.56. The summed E-state index contributed by atoms with van der Waals surface area (Å²) in [5.74, 6) is 1.46. The van der Waals surface area contributed by atoms with E-state index in [0.717, 1.165) is 23.0 Å². The Labute approximate surface area is 133 Å². The van der Waals surface area contributed by atoms with E-state index in [1.807, 2.05) is 0 Å². The monoisotopic (exact) mass is 484 g/mol. The third-order valence-electron chi connectivity index (χ3n) is 2.73. The van der Waals surface area contributed by atoms with Gasteiger partial charge >= 0.3 is 0 Å². The largest absolute Gasteiger partial charge is 0.445 e. The third-order valence-corrected chi connectivity index (χ3v) is 5.48. The van der Waals surface area contributed by atoms with Gasteiger partial charge in [0.2, 0.25) is 0 Å². The predicted molar refractivity (Wildman–Crippen MR) is 82.7 cm³/mol. The molecule has 1 N–H and O–H groups in total. The van der Waals surface area contributed by atoms with Gasteiger partial charge in [0.25, 0.3) is 5.56 Å². The highest BCUT2D eigenvalue weighted by Crippen LogP contribution is 2.41. The highest BCUT2D eigenvalue weighted by molar-refractivity contribution is 14.1. The van der Waals surface area contributed by atoms with Crippen molar-refractivity contribution in [2.75, 3.05) is 0 Å². The highest BCUT2D eigenvalue weighted by atomic mass is 127. The molecule has 4 nitrogen and oxygen atoms in total. The number of aromatic nitrogens is 2. The van der Waals surface area contributed by atoms with Crippen LogP contribution in [0.2, 0.25) is 0 Å². The molecule has 2 aromatic heterocycles. The van der Waals surface area contributed by atoms with Crippen LogP contribution in [0.3, 0.4) is 0 Å². The SMILES string of the molecule is O=c1[nH]c(-c2cc(Br)c(Br)o2)nc(C2CC2)c1I. The van der Waals surface area contributed by atoms with Gasteiger partial charge in [-0.3, -0.25) is 4.79 Å². The van der Waals surface area contributed by atoms with E-state index >= 15 is 0 Å². The summed E-state index contributed by atoms with van der Waals surface area (Å²) in [4.78, 5) is 19.2. The second kappa shape index (κ2) is 4.75. The van der Waals surface area contributed by atoms with Crippen LogP contribution in [0.1, 0.15) is 24.5 Å². The Morgan fingerprint density at radius 3 is 2.72 bits per heavy atom. The summed E-state index contributed by atoms with van der Waals surface area (Å²) in [5, 5.41) is 0. The summed E-state index contributed by atoms with van der Waals surface area (Å²) < 4.78 is 7.56. The van der Waals surface area contributed by atoms with Crippen molar-refractivity contribution in [1.82, 2.24) is 9.97 Å². The average molecular weight is 486 g/mol. The van der Waals surface area contributed by atoms with E-state index in [-0.39, 0.29) is 5.56 Å². The van der Waals surface area contributed by atoms with Gasteiger partial charge < -0.3 is 9.40 Å². The van der Waals surface area contributed by atoms with Gasteiger partial charge in [-0.25, -0.2) is 4.98 Å². The molecule has 0 atom stereocenters. The van der Waals surface area contributed by atoms with Crippen molar-refractivity contribution in [3.63, 3.8) is 0 Å². The molecule has 1 aliphatic carbocycles. The van der Waals surface area contributed by atoms with Crippen molar-refractivity contribution >= 4 is 54.5 Å². The Morgan fingerprint density at radius 2 is 2.17 bits per heavy atom. The molecule has 0 radical (unpaired) electrons. The van der Waals surface area contributed by atoms with Crippen molar-refractivity contribution in [3.05, 3.63) is 34.8 Å². The van der Waals surface area contributed by atoms with Gasteiger partial charge in [0.15, 0.2) is 16.3 Å². The van der Waals surface area contributed by atoms with E-state index in [1.54, 1.807) is 6.07 Å². The van der Waals surface area contributed by atoms with Crippen molar-refractivity contribution in [3.8, 4) is 11.6 Å². The topological polar surface area (TPSA) is 58.9 Å². The van der Waals surface area contributed by atoms with Crippen LogP contribution in [0, 0.1) is 3.57 Å². The number of nitrogens with zero attached hydrogens (tertiary/aromatic N) is 1. The maximum atomic E-state index is 11.9. The maximum absolute atomic E-state index is 11.9. The standard InChI is InChI=1S/C11H7Br2IN2O2/c12-5-3-6(18-9(5)13)10-15-8(4-1-2-4)7(14)11(17)16-10/h3-4H,1-2H2,(H,15,16,17). The zero-order valence-corrected chi connectivity index (χ0v) is 14.3. The normalized spacial score (nSPS) is 15.1. The van der Waals surface area contributed by atoms with Crippen molar-refractivity contribution in [2.24, 2.45) is 0 Å². The molecule has 0 unspecified atom stereocenters. The van der Waals surface area contributed by atoms with Crippen LogP contribution in [-0.2, 0) is 0 Å². The Kier molecular flexibility index (Phi) is 3.39. The van der Waals surface area contributed by atoms with Gasteiger partial charge in [-0.1, -0.05) is 0 Å². The lowest BCUT2D eigenvalue weighted by Gasteiger charge is -2.03. The maximum Gasteiger partial charge on any atom is 0.264 e. The van der Waals surface area contributed by atoms with Crippen molar-refractivity contribution in [2.45, 2.75) is 18.8 Å². The molecular weight excluding hydrogens is 479 g/mol. The Balaban J connectivity index is 2.15.